The largest absolute Gasteiger partial charge is 0.385 e. The van der Waals surface area contributed by atoms with Crippen LogP contribution >= 0.6 is 0 Å². The maximum absolute atomic E-state index is 5.08. The molecule has 0 aliphatic carbocycles. The van der Waals surface area contributed by atoms with Gasteiger partial charge in [0, 0.05) is 45.0 Å². The minimum absolute atomic E-state index is 0.624. The summed E-state index contributed by atoms with van der Waals surface area (Å²) in [5, 5.41) is 3.47. The molecule has 1 aliphatic rings. The normalized spacial score (nSPS) is 18.2. The molecule has 3 heteroatoms. The van der Waals surface area contributed by atoms with Gasteiger partial charge < -0.3 is 15.0 Å². The fourth-order valence-electron chi connectivity index (χ4n) is 2.47. The van der Waals surface area contributed by atoms with Crippen molar-refractivity contribution >= 4 is 5.69 Å². The van der Waals surface area contributed by atoms with Crippen LogP contribution in [0.1, 0.15) is 17.9 Å². The van der Waals surface area contributed by atoms with E-state index in [4.69, 9.17) is 4.74 Å². The number of fused-ring (bicyclic) bond motifs is 1. The number of para-hydroxylation sites is 1. The molecule has 1 N–H and O–H groups in total. The summed E-state index contributed by atoms with van der Waals surface area (Å²) in [6, 6.07) is 8.63. The first-order chi connectivity index (χ1) is 8.31. The molecule has 1 atom stereocenters. The highest BCUT2D eigenvalue weighted by Gasteiger charge is 2.22. The Morgan fingerprint density at radius 3 is 3.06 bits per heavy atom. The van der Waals surface area contributed by atoms with E-state index in [-0.39, 0.29) is 0 Å². The summed E-state index contributed by atoms with van der Waals surface area (Å²) in [7, 11) is 3.95. The third-order valence-corrected chi connectivity index (χ3v) is 3.36. The molecule has 1 aliphatic heterocycles. The number of ether oxygens (including phenoxy) is 1. The Kier molecular flexibility index (Phi) is 4.40. The van der Waals surface area contributed by atoms with Crippen LogP contribution in [0.5, 0.6) is 0 Å². The number of methoxy groups -OCH3 is 1. The summed E-state index contributed by atoms with van der Waals surface area (Å²) in [6.45, 7) is 4.14. The van der Waals surface area contributed by atoms with Crippen molar-refractivity contribution in [1.82, 2.24) is 4.90 Å². The highest BCUT2D eigenvalue weighted by molar-refractivity contribution is 5.57. The van der Waals surface area contributed by atoms with Gasteiger partial charge in [-0.25, -0.2) is 0 Å². The number of hydrogen-bond acceptors (Lipinski definition) is 3. The van der Waals surface area contributed by atoms with Crippen LogP contribution in [0.4, 0.5) is 5.69 Å². The van der Waals surface area contributed by atoms with E-state index in [0.717, 1.165) is 32.7 Å². The van der Waals surface area contributed by atoms with Crippen LogP contribution in [0.25, 0.3) is 0 Å². The molecule has 1 unspecified atom stereocenters. The van der Waals surface area contributed by atoms with E-state index in [1.54, 1.807) is 7.11 Å². The highest BCUT2D eigenvalue weighted by Crippen LogP contribution is 2.31. The molecule has 0 bridgehead atoms. The van der Waals surface area contributed by atoms with Gasteiger partial charge in [-0.05, 0) is 25.1 Å². The number of benzene rings is 1. The molecule has 0 aromatic heterocycles. The molecular formula is C14H22N2O. The number of anilines is 1. The molecule has 1 aromatic carbocycles. The van der Waals surface area contributed by atoms with Gasteiger partial charge in [0.1, 0.15) is 0 Å². The molecule has 0 amide bonds. The summed E-state index contributed by atoms with van der Waals surface area (Å²) < 4.78 is 5.08. The first kappa shape index (κ1) is 12.4. The third-order valence-electron chi connectivity index (χ3n) is 3.36. The van der Waals surface area contributed by atoms with Gasteiger partial charge >= 0.3 is 0 Å². The van der Waals surface area contributed by atoms with E-state index in [2.05, 4.69) is 41.5 Å². The quantitative estimate of drug-likeness (QED) is 0.763. The van der Waals surface area contributed by atoms with E-state index in [1.165, 1.54) is 11.3 Å². The van der Waals surface area contributed by atoms with E-state index < -0.39 is 0 Å². The van der Waals surface area contributed by atoms with E-state index in [1.807, 2.05) is 0 Å². The Hall–Kier alpha value is -1.06. The van der Waals surface area contributed by atoms with Crippen molar-refractivity contribution < 1.29 is 4.74 Å². The molecule has 0 radical (unpaired) electrons. The lowest BCUT2D eigenvalue weighted by atomic mass is 10.0. The van der Waals surface area contributed by atoms with Crippen molar-refractivity contribution in [3.05, 3.63) is 29.8 Å². The second-order valence-corrected chi connectivity index (χ2v) is 4.77. The van der Waals surface area contributed by atoms with Crippen molar-refractivity contribution in [3.8, 4) is 0 Å². The van der Waals surface area contributed by atoms with Gasteiger partial charge in [0.05, 0.1) is 0 Å². The zero-order valence-corrected chi connectivity index (χ0v) is 10.8. The average Bonchev–Trinajstić information content (AvgIpc) is 2.73. The van der Waals surface area contributed by atoms with Gasteiger partial charge in [-0.3, -0.25) is 0 Å². The average molecular weight is 234 g/mol. The van der Waals surface area contributed by atoms with Crippen molar-refractivity contribution in [2.24, 2.45) is 0 Å². The SMILES string of the molecule is COCCCN(C)CC1CNc2ccccc21. The van der Waals surface area contributed by atoms with E-state index in [9.17, 15) is 0 Å². The summed E-state index contributed by atoms with van der Waals surface area (Å²) >= 11 is 0. The van der Waals surface area contributed by atoms with E-state index in [0.29, 0.717) is 5.92 Å². The maximum atomic E-state index is 5.08. The predicted octanol–water partition coefficient (Wildman–Crippen LogP) is 2.16. The lowest BCUT2D eigenvalue weighted by molar-refractivity contribution is 0.178. The molecule has 1 heterocycles. The van der Waals surface area contributed by atoms with Gasteiger partial charge in [-0.1, -0.05) is 18.2 Å². The predicted molar refractivity (Wildman–Crippen MR) is 71.7 cm³/mol. The molecular weight excluding hydrogens is 212 g/mol. The number of rotatable bonds is 6. The minimum atomic E-state index is 0.624. The molecule has 2 rings (SSSR count). The lowest BCUT2D eigenvalue weighted by Crippen LogP contribution is -2.27. The van der Waals surface area contributed by atoms with Crippen LogP contribution in [0.2, 0.25) is 0 Å². The Balaban J connectivity index is 1.84. The standard InChI is InChI=1S/C14H22N2O/c1-16(8-5-9-17-2)11-12-10-15-14-7-4-3-6-13(12)14/h3-4,6-7,12,15H,5,8-11H2,1-2H3. The van der Waals surface area contributed by atoms with E-state index >= 15 is 0 Å². The van der Waals surface area contributed by atoms with Gasteiger partial charge in [-0.2, -0.15) is 0 Å². The zero-order valence-electron chi connectivity index (χ0n) is 10.8. The fourth-order valence-corrected chi connectivity index (χ4v) is 2.47. The monoisotopic (exact) mass is 234 g/mol. The Bertz CT molecular complexity index is 354. The minimum Gasteiger partial charge on any atom is -0.385 e. The molecule has 0 saturated heterocycles. The van der Waals surface area contributed by atoms with Gasteiger partial charge in [0.15, 0.2) is 0 Å². The second-order valence-electron chi connectivity index (χ2n) is 4.77. The summed E-state index contributed by atoms with van der Waals surface area (Å²) in [5.41, 5.74) is 2.77. The van der Waals surface area contributed by atoms with Crippen LogP contribution in [0, 0.1) is 0 Å². The number of nitrogens with zero attached hydrogens (tertiary/aromatic N) is 1. The molecule has 0 spiro atoms. The second kappa shape index (κ2) is 6.03. The smallest absolute Gasteiger partial charge is 0.0474 e. The summed E-state index contributed by atoms with van der Waals surface area (Å²) in [6.07, 6.45) is 1.11. The molecule has 1 aromatic rings. The van der Waals surface area contributed by atoms with Crippen molar-refractivity contribution in [3.63, 3.8) is 0 Å². The molecule has 0 saturated carbocycles. The van der Waals surface area contributed by atoms with Crippen LogP contribution in [0.3, 0.4) is 0 Å². The van der Waals surface area contributed by atoms with Crippen molar-refractivity contribution in [1.29, 1.82) is 0 Å². The van der Waals surface area contributed by atoms with Crippen molar-refractivity contribution in [2.45, 2.75) is 12.3 Å². The molecule has 94 valence electrons. The third kappa shape index (κ3) is 3.20. The van der Waals surface area contributed by atoms with Gasteiger partial charge in [-0.15, -0.1) is 0 Å². The van der Waals surface area contributed by atoms with Crippen LogP contribution in [0.15, 0.2) is 24.3 Å². The molecule has 0 fully saturated rings. The molecule has 3 nitrogen and oxygen atoms in total. The summed E-state index contributed by atoms with van der Waals surface area (Å²) in [4.78, 5) is 2.40. The first-order valence-electron chi connectivity index (χ1n) is 6.31. The topological polar surface area (TPSA) is 24.5 Å². The molecule has 17 heavy (non-hydrogen) atoms. The van der Waals surface area contributed by atoms with Crippen LogP contribution in [-0.4, -0.2) is 45.3 Å². The Morgan fingerprint density at radius 2 is 2.24 bits per heavy atom. The lowest BCUT2D eigenvalue weighted by Gasteiger charge is -2.20. The number of likely N-dealkylation sites (N-methyl/N-ethyl adjacent to an activating group) is 1. The fraction of sp³-hybridized carbons (Fsp3) is 0.571. The zero-order chi connectivity index (χ0) is 12.1. The van der Waals surface area contributed by atoms with Crippen LogP contribution < -0.4 is 5.32 Å². The summed E-state index contributed by atoms with van der Waals surface area (Å²) in [5.74, 6) is 0.624. The first-order valence-corrected chi connectivity index (χ1v) is 6.31. The Labute approximate surface area is 104 Å². The van der Waals surface area contributed by atoms with Crippen molar-refractivity contribution in [2.75, 3.05) is 45.7 Å². The van der Waals surface area contributed by atoms with Gasteiger partial charge in [0.2, 0.25) is 0 Å². The number of hydrogen-bond donors (Lipinski definition) is 1. The highest BCUT2D eigenvalue weighted by atomic mass is 16.5. The van der Waals surface area contributed by atoms with Crippen LogP contribution in [-0.2, 0) is 4.74 Å². The van der Waals surface area contributed by atoms with Gasteiger partial charge in [0.25, 0.3) is 0 Å². The maximum Gasteiger partial charge on any atom is 0.0474 e. The number of nitrogens with one attached hydrogen (secondary N) is 1. The Morgan fingerprint density at radius 1 is 1.41 bits per heavy atom.